The highest BCUT2D eigenvalue weighted by molar-refractivity contribution is 5.80. The summed E-state index contributed by atoms with van der Waals surface area (Å²) in [5.74, 6) is -0.167. The van der Waals surface area contributed by atoms with Gasteiger partial charge in [0.25, 0.3) is 5.56 Å². The Bertz CT molecular complexity index is 1340. The van der Waals surface area contributed by atoms with Crippen LogP contribution in [0.1, 0.15) is 17.8 Å². The number of carbonyl (C=O) groups is 1. The van der Waals surface area contributed by atoms with Gasteiger partial charge in [-0.15, -0.1) is 0 Å². The van der Waals surface area contributed by atoms with Crippen LogP contribution in [0.15, 0.2) is 58.3 Å². The Morgan fingerprint density at radius 3 is 2.76 bits per heavy atom. The highest BCUT2D eigenvalue weighted by atomic mass is 16.5. The van der Waals surface area contributed by atoms with Crippen molar-refractivity contribution in [1.82, 2.24) is 19.7 Å². The van der Waals surface area contributed by atoms with Crippen LogP contribution < -0.4 is 11.0 Å². The molecule has 0 amide bonds. The number of para-hydroxylation sites is 2. The van der Waals surface area contributed by atoms with Crippen LogP contribution in [-0.4, -0.2) is 25.7 Å². The Labute approximate surface area is 164 Å². The summed E-state index contributed by atoms with van der Waals surface area (Å²) >= 11 is 0. The molecule has 4 rings (SSSR count). The molecule has 8 heteroatoms. The van der Waals surface area contributed by atoms with Crippen LogP contribution in [-0.2, 0) is 22.7 Å². The third kappa shape index (κ3) is 3.77. The predicted molar refractivity (Wildman–Crippen MR) is 108 cm³/mol. The molecule has 8 nitrogen and oxygen atoms in total. The minimum atomic E-state index is -0.456. The van der Waals surface area contributed by atoms with Gasteiger partial charge >= 0.3 is 5.97 Å². The molecular weight excluding hydrogens is 372 g/mol. The van der Waals surface area contributed by atoms with Crippen LogP contribution in [0.3, 0.4) is 0 Å². The average Bonchev–Trinajstić information content (AvgIpc) is 2.73. The molecule has 1 N–H and O–H groups in total. The highest BCUT2D eigenvalue weighted by Crippen LogP contribution is 2.12. The summed E-state index contributed by atoms with van der Waals surface area (Å²) in [6.45, 7) is 2.00. The van der Waals surface area contributed by atoms with E-state index in [4.69, 9.17) is 4.74 Å². The summed E-state index contributed by atoms with van der Waals surface area (Å²) in [6.07, 6.45) is 1.30. The van der Waals surface area contributed by atoms with Gasteiger partial charge in [0.2, 0.25) is 5.43 Å². The first-order chi connectivity index (χ1) is 14.0. The second kappa shape index (κ2) is 7.67. The average molecular weight is 390 g/mol. The molecule has 0 spiro atoms. The van der Waals surface area contributed by atoms with E-state index in [1.54, 1.807) is 35.0 Å². The maximum absolute atomic E-state index is 12.2. The van der Waals surface area contributed by atoms with Gasteiger partial charge in [-0.3, -0.25) is 19.1 Å². The van der Waals surface area contributed by atoms with Gasteiger partial charge in [0.1, 0.15) is 12.4 Å². The Morgan fingerprint density at radius 1 is 1.10 bits per heavy atom. The van der Waals surface area contributed by atoms with Crippen molar-refractivity contribution in [2.24, 2.45) is 0 Å². The lowest BCUT2D eigenvalue weighted by atomic mass is 10.1. The maximum atomic E-state index is 12.2. The van der Waals surface area contributed by atoms with Crippen LogP contribution in [0.4, 0.5) is 0 Å². The summed E-state index contributed by atoms with van der Waals surface area (Å²) in [4.78, 5) is 43.3. The van der Waals surface area contributed by atoms with Crippen molar-refractivity contribution in [2.75, 3.05) is 0 Å². The van der Waals surface area contributed by atoms with Crippen molar-refractivity contribution < 1.29 is 9.53 Å². The Morgan fingerprint density at radius 2 is 1.90 bits per heavy atom. The number of hydrogen-bond donors (Lipinski definition) is 1. The number of nitrogens with one attached hydrogen (secondary N) is 1. The van der Waals surface area contributed by atoms with Gasteiger partial charge in [-0.2, -0.15) is 5.10 Å². The molecule has 2 heterocycles. The molecule has 0 unspecified atom stereocenters. The molecule has 146 valence electrons. The van der Waals surface area contributed by atoms with E-state index in [1.807, 2.05) is 19.1 Å². The fraction of sp³-hybridized carbons (Fsp3) is 0.190. The van der Waals surface area contributed by atoms with Crippen LogP contribution in [0.25, 0.3) is 21.8 Å². The lowest BCUT2D eigenvalue weighted by molar-refractivity contribution is -0.145. The zero-order chi connectivity index (χ0) is 20.4. The second-order valence-corrected chi connectivity index (χ2v) is 6.64. The van der Waals surface area contributed by atoms with Crippen LogP contribution >= 0.6 is 0 Å². The fourth-order valence-corrected chi connectivity index (χ4v) is 3.18. The van der Waals surface area contributed by atoms with Crippen molar-refractivity contribution in [2.45, 2.75) is 26.5 Å². The van der Waals surface area contributed by atoms with E-state index in [0.29, 0.717) is 21.8 Å². The van der Waals surface area contributed by atoms with Crippen molar-refractivity contribution in [3.05, 3.63) is 80.6 Å². The molecule has 0 fully saturated rings. The summed E-state index contributed by atoms with van der Waals surface area (Å²) in [6, 6.07) is 12.4. The normalized spacial score (nSPS) is 11.1. The number of carbonyl (C=O) groups excluding carboxylic acids is 1. The van der Waals surface area contributed by atoms with E-state index >= 15 is 0 Å². The van der Waals surface area contributed by atoms with Gasteiger partial charge in [0.15, 0.2) is 0 Å². The van der Waals surface area contributed by atoms with Gasteiger partial charge in [0, 0.05) is 5.39 Å². The van der Waals surface area contributed by atoms with Crippen LogP contribution in [0.2, 0.25) is 0 Å². The number of fused-ring (bicyclic) bond motifs is 2. The summed E-state index contributed by atoms with van der Waals surface area (Å²) in [7, 11) is 0. The molecular formula is C21H18N4O4. The molecule has 0 saturated heterocycles. The highest BCUT2D eigenvalue weighted by Gasteiger charge is 2.10. The lowest BCUT2D eigenvalue weighted by Crippen LogP contribution is -2.17. The van der Waals surface area contributed by atoms with E-state index in [0.717, 1.165) is 5.56 Å². The van der Waals surface area contributed by atoms with E-state index in [1.165, 1.54) is 6.20 Å². The number of rotatable bonds is 5. The quantitative estimate of drug-likeness (QED) is 0.523. The van der Waals surface area contributed by atoms with E-state index in [9.17, 15) is 14.4 Å². The SMILES string of the molecule is Cc1cccc2c(=O)[nH]c(COC(=O)CCn3ncc(=O)c4ccccc43)nc12. The summed E-state index contributed by atoms with van der Waals surface area (Å²) in [5, 5.41) is 5.13. The van der Waals surface area contributed by atoms with Crippen molar-refractivity contribution in [1.29, 1.82) is 0 Å². The van der Waals surface area contributed by atoms with Gasteiger partial charge < -0.3 is 9.72 Å². The molecule has 0 saturated carbocycles. The Kier molecular flexibility index (Phi) is 4.90. The number of hydrogen-bond acceptors (Lipinski definition) is 6. The first kappa shape index (κ1) is 18.5. The molecule has 2 aromatic heterocycles. The number of aromatic amines is 1. The number of esters is 1. The van der Waals surface area contributed by atoms with Crippen molar-refractivity contribution >= 4 is 27.8 Å². The van der Waals surface area contributed by atoms with Gasteiger partial charge in [-0.05, 0) is 30.7 Å². The molecule has 4 aromatic rings. The van der Waals surface area contributed by atoms with Gasteiger partial charge in [-0.25, -0.2) is 4.98 Å². The first-order valence-corrected chi connectivity index (χ1v) is 9.12. The number of nitrogens with zero attached hydrogens (tertiary/aromatic N) is 3. The van der Waals surface area contributed by atoms with Crippen molar-refractivity contribution in [3.8, 4) is 0 Å². The molecule has 0 aliphatic heterocycles. The fourth-order valence-electron chi connectivity index (χ4n) is 3.18. The molecule has 0 atom stereocenters. The monoisotopic (exact) mass is 390 g/mol. The minimum Gasteiger partial charge on any atom is -0.457 e. The summed E-state index contributed by atoms with van der Waals surface area (Å²) < 4.78 is 6.85. The minimum absolute atomic E-state index is 0.0662. The van der Waals surface area contributed by atoms with E-state index in [-0.39, 0.29) is 36.4 Å². The smallest absolute Gasteiger partial charge is 0.308 e. The summed E-state index contributed by atoms with van der Waals surface area (Å²) in [5.41, 5.74) is 1.68. The zero-order valence-corrected chi connectivity index (χ0v) is 15.7. The lowest BCUT2D eigenvalue weighted by Gasteiger charge is -2.09. The molecule has 0 aliphatic carbocycles. The molecule has 29 heavy (non-hydrogen) atoms. The van der Waals surface area contributed by atoms with Gasteiger partial charge in [0.05, 0.1) is 35.6 Å². The van der Waals surface area contributed by atoms with E-state index < -0.39 is 5.97 Å². The number of ether oxygens (including phenoxy) is 1. The van der Waals surface area contributed by atoms with Crippen LogP contribution in [0.5, 0.6) is 0 Å². The molecule has 2 aromatic carbocycles. The molecule has 0 aliphatic rings. The number of aryl methyl sites for hydroxylation is 2. The largest absolute Gasteiger partial charge is 0.457 e. The first-order valence-electron chi connectivity index (χ1n) is 9.12. The molecule has 0 bridgehead atoms. The second-order valence-electron chi connectivity index (χ2n) is 6.64. The number of H-pyrrole nitrogens is 1. The predicted octanol–water partition coefficient (Wildman–Crippen LogP) is 2.07. The third-order valence-electron chi connectivity index (χ3n) is 4.65. The Hall–Kier alpha value is -3.81. The number of aromatic nitrogens is 4. The maximum Gasteiger partial charge on any atom is 0.308 e. The van der Waals surface area contributed by atoms with Crippen LogP contribution in [0, 0.1) is 6.92 Å². The van der Waals surface area contributed by atoms with Gasteiger partial charge in [-0.1, -0.05) is 24.3 Å². The topological polar surface area (TPSA) is 107 Å². The standard InChI is InChI=1S/C21H18N4O4/c1-13-5-4-7-15-20(13)23-18(24-21(15)28)12-29-19(27)9-10-25-16-8-3-2-6-14(16)17(26)11-22-25/h2-8,11H,9-10,12H2,1H3,(H,23,24,28). The Balaban J connectivity index is 1.45. The van der Waals surface area contributed by atoms with Crippen molar-refractivity contribution in [3.63, 3.8) is 0 Å². The zero-order valence-electron chi connectivity index (χ0n) is 15.7. The third-order valence-corrected chi connectivity index (χ3v) is 4.65. The number of benzene rings is 2. The van der Waals surface area contributed by atoms with E-state index in [2.05, 4.69) is 15.1 Å². The molecule has 0 radical (unpaired) electrons.